The second kappa shape index (κ2) is 5.75. The molecule has 0 unspecified atom stereocenters. The third-order valence-corrected chi connectivity index (χ3v) is 2.79. The topological polar surface area (TPSA) is 84.2 Å². The molecule has 0 heterocycles. The zero-order valence-corrected chi connectivity index (χ0v) is 10.5. The van der Waals surface area contributed by atoms with Gasteiger partial charge in [-0.25, -0.2) is 0 Å². The predicted octanol–water partition coefficient (Wildman–Crippen LogP) is 1.05. The van der Waals surface area contributed by atoms with Crippen molar-refractivity contribution in [3.05, 3.63) is 27.7 Å². The molecule has 92 valence electrons. The Morgan fingerprint density at radius 3 is 2.59 bits per heavy atom. The van der Waals surface area contributed by atoms with Crippen LogP contribution < -0.4 is 16.4 Å². The van der Waals surface area contributed by atoms with Gasteiger partial charge in [-0.05, 0) is 12.1 Å². The average molecular weight is 276 g/mol. The molecule has 4 N–H and O–H groups in total. The third-order valence-electron chi connectivity index (χ3n) is 1.98. The number of rotatable bonds is 3. The molecule has 0 aliphatic carbocycles. The average Bonchev–Trinajstić information content (AvgIpc) is 2.30. The highest BCUT2D eigenvalue weighted by Gasteiger charge is 2.14. The summed E-state index contributed by atoms with van der Waals surface area (Å²) in [6.45, 7) is -0.141. The van der Waals surface area contributed by atoms with Gasteiger partial charge in [0.1, 0.15) is 0 Å². The summed E-state index contributed by atoms with van der Waals surface area (Å²) in [5.41, 5.74) is 6.01. The molecule has 5 nitrogen and oxygen atoms in total. The summed E-state index contributed by atoms with van der Waals surface area (Å²) in [5, 5.41) is 5.07. The van der Waals surface area contributed by atoms with Crippen molar-refractivity contribution in [2.75, 3.05) is 19.3 Å². The van der Waals surface area contributed by atoms with Gasteiger partial charge in [0.15, 0.2) is 0 Å². The van der Waals surface area contributed by atoms with E-state index >= 15 is 0 Å². The van der Waals surface area contributed by atoms with Crippen LogP contribution in [0.5, 0.6) is 0 Å². The number of hydrogen-bond donors (Lipinski definition) is 3. The molecule has 0 spiro atoms. The minimum absolute atomic E-state index is 0.107. The number of anilines is 1. The Labute approximate surface area is 108 Å². The first-order chi connectivity index (χ1) is 7.95. The SMILES string of the molecule is CNC(=O)CNC(=O)c1cc(N)cc(Cl)c1Cl. The lowest BCUT2D eigenvalue weighted by atomic mass is 10.2. The number of nitrogens with two attached hydrogens (primary N) is 1. The van der Waals surface area contributed by atoms with E-state index in [0.29, 0.717) is 5.69 Å². The summed E-state index contributed by atoms with van der Waals surface area (Å²) in [7, 11) is 1.47. The zero-order valence-electron chi connectivity index (χ0n) is 9.01. The number of nitrogens with one attached hydrogen (secondary N) is 2. The highest BCUT2D eigenvalue weighted by atomic mass is 35.5. The van der Waals surface area contributed by atoms with Crippen LogP contribution >= 0.6 is 23.2 Å². The van der Waals surface area contributed by atoms with Crippen molar-refractivity contribution in [2.24, 2.45) is 0 Å². The number of nitrogen functional groups attached to an aromatic ring is 1. The van der Waals surface area contributed by atoms with Gasteiger partial charge in [-0.15, -0.1) is 0 Å². The van der Waals surface area contributed by atoms with Crippen LogP contribution in [0.3, 0.4) is 0 Å². The lowest BCUT2D eigenvalue weighted by molar-refractivity contribution is -0.119. The van der Waals surface area contributed by atoms with Crippen LogP contribution in [0, 0.1) is 0 Å². The molecular formula is C10H11Cl2N3O2. The normalized spacial score (nSPS) is 9.82. The van der Waals surface area contributed by atoms with Gasteiger partial charge in [0.25, 0.3) is 5.91 Å². The van der Waals surface area contributed by atoms with E-state index < -0.39 is 5.91 Å². The molecule has 0 aromatic heterocycles. The number of carbonyl (C=O) groups is 2. The molecule has 0 aliphatic rings. The molecule has 1 rings (SSSR count). The largest absolute Gasteiger partial charge is 0.399 e. The number of amides is 2. The maximum Gasteiger partial charge on any atom is 0.253 e. The molecule has 17 heavy (non-hydrogen) atoms. The van der Waals surface area contributed by atoms with E-state index in [1.807, 2.05) is 0 Å². The molecule has 1 aromatic carbocycles. The molecule has 2 amide bonds. The Bertz CT molecular complexity index is 463. The molecule has 0 radical (unpaired) electrons. The summed E-state index contributed by atoms with van der Waals surface area (Å²) in [5.74, 6) is -0.822. The van der Waals surface area contributed by atoms with Crippen molar-refractivity contribution in [2.45, 2.75) is 0 Å². The van der Waals surface area contributed by atoms with Gasteiger partial charge in [-0.1, -0.05) is 23.2 Å². The van der Waals surface area contributed by atoms with Crippen LogP contribution in [-0.2, 0) is 4.79 Å². The number of benzene rings is 1. The highest BCUT2D eigenvalue weighted by molar-refractivity contribution is 6.44. The number of halogens is 2. The summed E-state index contributed by atoms with van der Waals surface area (Å²) in [4.78, 5) is 22.7. The minimum atomic E-state index is -0.507. The molecule has 1 aromatic rings. The first-order valence-electron chi connectivity index (χ1n) is 4.69. The number of carbonyl (C=O) groups excluding carboxylic acids is 2. The van der Waals surface area contributed by atoms with E-state index in [1.54, 1.807) is 0 Å². The fourth-order valence-electron chi connectivity index (χ4n) is 1.12. The smallest absolute Gasteiger partial charge is 0.253 e. The van der Waals surface area contributed by atoms with Gasteiger partial charge in [0.05, 0.1) is 22.2 Å². The molecule has 0 saturated heterocycles. The molecular weight excluding hydrogens is 265 g/mol. The van der Waals surface area contributed by atoms with Gasteiger partial charge in [-0.3, -0.25) is 9.59 Å². The Kier molecular flexibility index (Phi) is 4.60. The lowest BCUT2D eigenvalue weighted by Gasteiger charge is -2.08. The van der Waals surface area contributed by atoms with Crippen molar-refractivity contribution in [3.8, 4) is 0 Å². The fraction of sp³-hybridized carbons (Fsp3) is 0.200. The van der Waals surface area contributed by atoms with Crippen LogP contribution in [-0.4, -0.2) is 25.4 Å². The van der Waals surface area contributed by atoms with Gasteiger partial charge < -0.3 is 16.4 Å². The van der Waals surface area contributed by atoms with Gasteiger partial charge in [0.2, 0.25) is 5.91 Å². The number of hydrogen-bond acceptors (Lipinski definition) is 3. The molecule has 0 bridgehead atoms. The first-order valence-corrected chi connectivity index (χ1v) is 5.44. The Morgan fingerprint density at radius 1 is 1.35 bits per heavy atom. The lowest BCUT2D eigenvalue weighted by Crippen LogP contribution is -2.35. The van der Waals surface area contributed by atoms with Crippen LogP contribution in [0.1, 0.15) is 10.4 Å². The molecule has 0 saturated carbocycles. The predicted molar refractivity (Wildman–Crippen MR) is 67.3 cm³/mol. The zero-order chi connectivity index (χ0) is 13.0. The highest BCUT2D eigenvalue weighted by Crippen LogP contribution is 2.28. The van der Waals surface area contributed by atoms with Crippen molar-refractivity contribution in [1.82, 2.24) is 10.6 Å². The van der Waals surface area contributed by atoms with Crippen molar-refractivity contribution in [3.63, 3.8) is 0 Å². The van der Waals surface area contributed by atoms with Gasteiger partial charge in [-0.2, -0.15) is 0 Å². The minimum Gasteiger partial charge on any atom is -0.399 e. The van der Waals surface area contributed by atoms with Crippen LogP contribution in [0.15, 0.2) is 12.1 Å². The monoisotopic (exact) mass is 275 g/mol. The fourth-order valence-corrected chi connectivity index (χ4v) is 1.54. The van der Waals surface area contributed by atoms with Crippen LogP contribution in [0.4, 0.5) is 5.69 Å². The summed E-state index contributed by atoms with van der Waals surface area (Å²) >= 11 is 11.6. The molecule has 0 fully saturated rings. The first kappa shape index (κ1) is 13.6. The van der Waals surface area contributed by atoms with Crippen molar-refractivity contribution < 1.29 is 9.59 Å². The van der Waals surface area contributed by atoms with E-state index in [0.717, 1.165) is 0 Å². The summed E-state index contributed by atoms with van der Waals surface area (Å²) < 4.78 is 0. The second-order valence-corrected chi connectivity index (χ2v) is 4.01. The van der Waals surface area contributed by atoms with E-state index in [4.69, 9.17) is 28.9 Å². The third kappa shape index (κ3) is 3.51. The second-order valence-electron chi connectivity index (χ2n) is 3.22. The number of likely N-dealkylation sites (N-methyl/N-ethyl adjacent to an activating group) is 1. The molecule has 0 aliphatic heterocycles. The maximum absolute atomic E-state index is 11.7. The van der Waals surface area contributed by atoms with Gasteiger partial charge in [0, 0.05) is 12.7 Å². The Hall–Kier alpha value is -1.46. The summed E-state index contributed by atoms with van der Waals surface area (Å²) in [6.07, 6.45) is 0. The van der Waals surface area contributed by atoms with Crippen LogP contribution in [0.25, 0.3) is 0 Å². The Balaban J connectivity index is 2.86. The van der Waals surface area contributed by atoms with E-state index in [9.17, 15) is 9.59 Å². The Morgan fingerprint density at radius 2 is 2.00 bits per heavy atom. The molecule has 7 heteroatoms. The quantitative estimate of drug-likeness (QED) is 0.721. The van der Waals surface area contributed by atoms with Crippen molar-refractivity contribution >= 4 is 40.7 Å². The van der Waals surface area contributed by atoms with E-state index in [-0.39, 0.29) is 28.1 Å². The molecule has 0 atom stereocenters. The standard InChI is InChI=1S/C10H11Cl2N3O2/c1-14-8(16)4-15-10(17)6-2-5(13)3-7(11)9(6)12/h2-3H,4,13H2,1H3,(H,14,16)(H,15,17). The summed E-state index contributed by atoms with van der Waals surface area (Å²) in [6, 6.07) is 2.84. The van der Waals surface area contributed by atoms with Crippen molar-refractivity contribution in [1.29, 1.82) is 0 Å². The van der Waals surface area contributed by atoms with Gasteiger partial charge >= 0.3 is 0 Å². The maximum atomic E-state index is 11.7. The van der Waals surface area contributed by atoms with E-state index in [1.165, 1.54) is 19.2 Å². The van der Waals surface area contributed by atoms with Crippen LogP contribution in [0.2, 0.25) is 10.0 Å². The van der Waals surface area contributed by atoms with E-state index in [2.05, 4.69) is 10.6 Å².